The van der Waals surface area contributed by atoms with Gasteiger partial charge in [0.1, 0.15) is 11.3 Å². The fourth-order valence-electron chi connectivity index (χ4n) is 3.19. The number of pyridine rings is 2. The van der Waals surface area contributed by atoms with E-state index < -0.39 is 0 Å². The Morgan fingerprint density at radius 3 is 2.83 bits per heavy atom. The number of halogens is 1. The molecule has 4 aromatic heterocycles. The maximum atomic E-state index is 6.63. The molecule has 7 nitrogen and oxygen atoms in total. The summed E-state index contributed by atoms with van der Waals surface area (Å²) in [6, 6.07) is 5.55. The average Bonchev–Trinajstić information content (AvgIpc) is 3.10. The predicted octanol–water partition coefficient (Wildman–Crippen LogP) is 5.07. The van der Waals surface area contributed by atoms with Gasteiger partial charge in [0.05, 0.1) is 22.5 Å². The summed E-state index contributed by atoms with van der Waals surface area (Å²) in [4.78, 5) is 27.2. The number of rotatable bonds is 5. The Morgan fingerprint density at radius 1 is 1.10 bits per heavy atom. The summed E-state index contributed by atoms with van der Waals surface area (Å²) in [5.74, 6) is 1.02. The van der Waals surface area contributed by atoms with Crippen LogP contribution in [0.1, 0.15) is 24.6 Å². The third-order valence-corrected chi connectivity index (χ3v) is 5.91. The molecule has 9 heteroatoms. The van der Waals surface area contributed by atoms with Gasteiger partial charge in [0.25, 0.3) is 0 Å². The van der Waals surface area contributed by atoms with Crippen molar-refractivity contribution < 1.29 is 4.74 Å². The second kappa shape index (κ2) is 7.97. The van der Waals surface area contributed by atoms with Gasteiger partial charge in [-0.2, -0.15) is 4.98 Å². The zero-order valence-corrected chi connectivity index (χ0v) is 17.5. The number of allylic oxidation sites excluding steroid dienone is 1. The van der Waals surface area contributed by atoms with Crippen molar-refractivity contribution in [3.63, 3.8) is 0 Å². The number of nitrogens with zero attached hydrogens (tertiary/aromatic N) is 6. The van der Waals surface area contributed by atoms with Crippen molar-refractivity contribution in [2.45, 2.75) is 29.8 Å². The molecule has 0 spiro atoms. The highest BCUT2D eigenvalue weighted by Crippen LogP contribution is 2.43. The normalized spacial score (nSPS) is 13.0. The topological polar surface area (TPSA) is 86.6 Å². The summed E-state index contributed by atoms with van der Waals surface area (Å²) in [5, 5.41) is 1.23. The van der Waals surface area contributed by atoms with Gasteiger partial charge in [0, 0.05) is 36.1 Å². The van der Waals surface area contributed by atoms with Crippen LogP contribution in [0.3, 0.4) is 0 Å². The van der Waals surface area contributed by atoms with Crippen LogP contribution in [0.4, 0.5) is 0 Å². The van der Waals surface area contributed by atoms with Crippen LogP contribution in [0.15, 0.2) is 64.8 Å². The minimum Gasteiger partial charge on any atom is -0.437 e. The van der Waals surface area contributed by atoms with E-state index in [1.165, 1.54) is 11.8 Å². The molecule has 0 aliphatic heterocycles. The summed E-state index contributed by atoms with van der Waals surface area (Å²) in [7, 11) is 0. The van der Waals surface area contributed by atoms with Gasteiger partial charge in [-0.05, 0) is 42.0 Å². The maximum Gasteiger partial charge on any atom is 0.232 e. The van der Waals surface area contributed by atoms with Gasteiger partial charge < -0.3 is 4.74 Å². The molecule has 1 aliphatic rings. The lowest BCUT2D eigenvalue weighted by atomic mass is 10.2. The van der Waals surface area contributed by atoms with Crippen molar-refractivity contribution in [1.82, 2.24) is 29.9 Å². The Morgan fingerprint density at radius 2 is 2.00 bits per heavy atom. The molecular weight excluding hydrogens is 420 g/mol. The second-order valence-electron chi connectivity index (χ2n) is 6.54. The molecule has 4 heterocycles. The van der Waals surface area contributed by atoms with Gasteiger partial charge in [-0.1, -0.05) is 18.5 Å². The maximum absolute atomic E-state index is 6.63. The van der Waals surface area contributed by atoms with Crippen molar-refractivity contribution in [2.24, 2.45) is 0 Å². The minimum absolute atomic E-state index is 0.428. The molecule has 0 saturated heterocycles. The van der Waals surface area contributed by atoms with Gasteiger partial charge in [-0.15, -0.1) is 0 Å². The first-order valence-corrected chi connectivity index (χ1v) is 10.5. The van der Waals surface area contributed by atoms with E-state index in [9.17, 15) is 0 Å². The number of hydrogen-bond donors (Lipinski definition) is 0. The molecule has 0 amide bonds. The van der Waals surface area contributed by atoms with E-state index in [-0.39, 0.29) is 0 Å². The Labute approximate surface area is 181 Å². The van der Waals surface area contributed by atoms with Crippen molar-refractivity contribution in [2.75, 3.05) is 0 Å². The van der Waals surface area contributed by atoms with Crippen LogP contribution in [0.25, 0.3) is 16.2 Å². The number of aromatic nitrogens is 6. The van der Waals surface area contributed by atoms with Crippen molar-refractivity contribution in [3.05, 3.63) is 66.0 Å². The lowest BCUT2D eigenvalue weighted by Crippen LogP contribution is -2.00. The average molecular weight is 435 g/mol. The molecule has 0 radical (unpaired) electrons. The molecule has 1 aliphatic carbocycles. The molecule has 4 aromatic rings. The van der Waals surface area contributed by atoms with Gasteiger partial charge in [-0.25, -0.2) is 15.0 Å². The molecule has 0 atom stereocenters. The van der Waals surface area contributed by atoms with Crippen LogP contribution < -0.4 is 4.74 Å². The lowest BCUT2D eigenvalue weighted by Gasteiger charge is -2.11. The van der Waals surface area contributed by atoms with Crippen LogP contribution >= 0.6 is 23.4 Å². The Balaban J connectivity index is 1.54. The van der Waals surface area contributed by atoms with E-state index in [4.69, 9.17) is 21.3 Å². The van der Waals surface area contributed by atoms with E-state index in [2.05, 4.69) is 31.8 Å². The van der Waals surface area contributed by atoms with Gasteiger partial charge in [0.15, 0.2) is 10.8 Å². The predicted molar refractivity (Wildman–Crippen MR) is 115 cm³/mol. The Hall–Kier alpha value is -3.10. The quantitative estimate of drug-likeness (QED) is 0.402. The molecule has 30 heavy (non-hydrogen) atoms. The summed E-state index contributed by atoms with van der Waals surface area (Å²) < 4.78 is 6.05. The highest BCUT2D eigenvalue weighted by molar-refractivity contribution is 7.99. The summed E-state index contributed by atoms with van der Waals surface area (Å²) in [6.45, 7) is 2.08. The van der Waals surface area contributed by atoms with Crippen LogP contribution in [-0.2, 0) is 6.42 Å². The standard InChI is InChI=1S/C21H15ClN6OS/c1-2-12-8-15-17(18(12)22)20(29-13-4-3-5-23-10-13)28-21(27-15)30-14-9-16-19(26-11-14)25-7-6-24-16/h3-7,9-11H,2,8H2,1H3. The first-order valence-electron chi connectivity index (χ1n) is 9.32. The van der Waals surface area contributed by atoms with E-state index in [1.807, 2.05) is 18.2 Å². The molecule has 0 fully saturated rings. The number of ether oxygens (including phenoxy) is 1. The molecule has 5 rings (SSSR count). The largest absolute Gasteiger partial charge is 0.437 e. The molecular formula is C21H15ClN6OS. The zero-order valence-electron chi connectivity index (χ0n) is 15.9. The van der Waals surface area contributed by atoms with E-state index >= 15 is 0 Å². The van der Waals surface area contributed by atoms with Gasteiger partial charge >= 0.3 is 0 Å². The van der Waals surface area contributed by atoms with Crippen molar-refractivity contribution >= 4 is 39.6 Å². The summed E-state index contributed by atoms with van der Waals surface area (Å²) in [5.41, 5.74) is 4.06. The third-order valence-electron chi connectivity index (χ3n) is 4.63. The highest BCUT2D eigenvalue weighted by atomic mass is 35.5. The first kappa shape index (κ1) is 18.9. The lowest BCUT2D eigenvalue weighted by molar-refractivity contribution is 0.451. The first-order chi connectivity index (χ1) is 14.7. The molecule has 0 aromatic carbocycles. The van der Waals surface area contributed by atoms with Crippen molar-refractivity contribution in [1.29, 1.82) is 0 Å². The van der Waals surface area contributed by atoms with Crippen LogP contribution in [0, 0.1) is 0 Å². The number of fused-ring (bicyclic) bond motifs is 2. The Bertz CT molecular complexity index is 1280. The minimum atomic E-state index is 0.428. The van der Waals surface area contributed by atoms with Crippen LogP contribution in [0.2, 0.25) is 0 Å². The third kappa shape index (κ3) is 3.59. The van der Waals surface area contributed by atoms with E-state index in [0.29, 0.717) is 39.4 Å². The van der Waals surface area contributed by atoms with E-state index in [1.54, 1.807) is 31.0 Å². The zero-order chi connectivity index (χ0) is 20.5. The van der Waals surface area contributed by atoms with E-state index in [0.717, 1.165) is 28.1 Å². The van der Waals surface area contributed by atoms with Gasteiger partial charge in [-0.3, -0.25) is 9.97 Å². The summed E-state index contributed by atoms with van der Waals surface area (Å²) >= 11 is 8.02. The molecule has 0 bridgehead atoms. The van der Waals surface area contributed by atoms with Crippen LogP contribution in [-0.4, -0.2) is 29.9 Å². The fraction of sp³-hybridized carbons (Fsp3) is 0.143. The SMILES string of the molecule is CCC1=C(Cl)c2c(nc(Sc3cnc4nccnc4c3)nc2Oc2cccnc2)C1. The van der Waals surface area contributed by atoms with Gasteiger partial charge in [0.2, 0.25) is 5.88 Å². The highest BCUT2D eigenvalue weighted by Gasteiger charge is 2.27. The molecule has 0 saturated carbocycles. The smallest absolute Gasteiger partial charge is 0.232 e. The molecule has 0 N–H and O–H groups in total. The molecule has 148 valence electrons. The van der Waals surface area contributed by atoms with Crippen molar-refractivity contribution in [3.8, 4) is 11.6 Å². The van der Waals surface area contributed by atoms with Crippen LogP contribution in [0.5, 0.6) is 11.6 Å². The Kier molecular flexibility index (Phi) is 5.02. The number of hydrogen-bond acceptors (Lipinski definition) is 8. The fourth-order valence-corrected chi connectivity index (χ4v) is 4.35. The monoisotopic (exact) mass is 434 g/mol. The second-order valence-corrected chi connectivity index (χ2v) is 7.96. The summed E-state index contributed by atoms with van der Waals surface area (Å²) in [6.07, 6.45) is 9.86. The molecule has 0 unspecified atom stereocenters.